The zero-order valence-electron chi connectivity index (χ0n) is 10.1. The summed E-state index contributed by atoms with van der Waals surface area (Å²) in [5.74, 6) is 0.358. The van der Waals surface area contributed by atoms with E-state index in [1.807, 2.05) is 25.1 Å². The van der Waals surface area contributed by atoms with Gasteiger partial charge in [-0.15, -0.1) is 0 Å². The van der Waals surface area contributed by atoms with Crippen LogP contribution in [0.25, 0.3) is 0 Å². The molecule has 3 nitrogen and oxygen atoms in total. The molecule has 1 aliphatic rings. The van der Waals surface area contributed by atoms with Crippen molar-refractivity contribution < 1.29 is 5.11 Å². The summed E-state index contributed by atoms with van der Waals surface area (Å²) in [6, 6.07) is 5.84. The third kappa shape index (κ3) is 2.73. The number of nitrogens with two attached hydrogens (primary N) is 1. The first-order valence-electron chi connectivity index (χ1n) is 6.03. The first-order valence-corrected chi connectivity index (χ1v) is 6.41. The second-order valence-corrected chi connectivity index (χ2v) is 5.15. The van der Waals surface area contributed by atoms with E-state index in [9.17, 15) is 5.11 Å². The molecule has 0 radical (unpaired) electrons. The predicted octanol–water partition coefficient (Wildman–Crippen LogP) is 2.01. The van der Waals surface area contributed by atoms with Gasteiger partial charge in [0, 0.05) is 36.3 Å². The van der Waals surface area contributed by atoms with Gasteiger partial charge in [0.1, 0.15) is 0 Å². The number of aliphatic hydroxyl groups excluding tert-OH is 1. The van der Waals surface area contributed by atoms with Crippen LogP contribution in [0.15, 0.2) is 18.2 Å². The van der Waals surface area contributed by atoms with Crippen LogP contribution in [-0.4, -0.2) is 24.3 Å². The number of halogens is 1. The maximum atomic E-state index is 9.61. The van der Waals surface area contributed by atoms with Crippen LogP contribution in [-0.2, 0) is 6.54 Å². The smallest absolute Gasteiger partial charge is 0.0557 e. The summed E-state index contributed by atoms with van der Waals surface area (Å²) >= 11 is 5.97. The normalized spacial score (nSPS) is 21.9. The Morgan fingerprint density at radius 1 is 1.59 bits per heavy atom. The van der Waals surface area contributed by atoms with E-state index in [2.05, 4.69) is 4.90 Å². The summed E-state index contributed by atoms with van der Waals surface area (Å²) in [5, 5.41) is 10.3. The Hall–Kier alpha value is -0.770. The average Bonchev–Trinajstić information content (AvgIpc) is 2.78. The first-order chi connectivity index (χ1) is 8.11. The summed E-state index contributed by atoms with van der Waals surface area (Å²) in [7, 11) is 0. The highest BCUT2D eigenvalue weighted by Crippen LogP contribution is 2.30. The van der Waals surface area contributed by atoms with E-state index in [1.165, 1.54) is 0 Å². The summed E-state index contributed by atoms with van der Waals surface area (Å²) in [6.45, 7) is 4.22. The number of aliphatic hydroxyl groups is 1. The molecule has 0 aliphatic carbocycles. The summed E-state index contributed by atoms with van der Waals surface area (Å²) in [6.07, 6.45) is 0.790. The molecule has 94 valence electrons. The molecule has 1 heterocycles. The van der Waals surface area contributed by atoms with Gasteiger partial charge < -0.3 is 15.7 Å². The monoisotopic (exact) mass is 254 g/mol. The zero-order valence-corrected chi connectivity index (χ0v) is 10.8. The van der Waals surface area contributed by atoms with E-state index in [-0.39, 0.29) is 6.10 Å². The molecule has 1 aromatic rings. The molecule has 1 aromatic carbocycles. The number of hydrogen-bond acceptors (Lipinski definition) is 3. The Labute approximate surface area is 107 Å². The largest absolute Gasteiger partial charge is 0.393 e. The zero-order chi connectivity index (χ0) is 12.4. The molecule has 1 fully saturated rings. The lowest BCUT2D eigenvalue weighted by Gasteiger charge is -2.22. The fourth-order valence-corrected chi connectivity index (χ4v) is 2.62. The van der Waals surface area contributed by atoms with Crippen molar-refractivity contribution in [3.8, 4) is 0 Å². The van der Waals surface area contributed by atoms with Crippen molar-refractivity contribution in [3.63, 3.8) is 0 Å². The molecule has 0 amide bonds. The van der Waals surface area contributed by atoms with Crippen molar-refractivity contribution in [2.24, 2.45) is 11.7 Å². The van der Waals surface area contributed by atoms with Crippen molar-refractivity contribution in [2.75, 3.05) is 18.0 Å². The minimum atomic E-state index is -0.242. The highest BCUT2D eigenvalue weighted by atomic mass is 35.5. The van der Waals surface area contributed by atoms with Crippen LogP contribution in [0.2, 0.25) is 5.02 Å². The predicted molar refractivity (Wildman–Crippen MR) is 71.3 cm³/mol. The Morgan fingerprint density at radius 3 is 2.94 bits per heavy atom. The van der Waals surface area contributed by atoms with E-state index in [0.717, 1.165) is 35.8 Å². The number of nitrogens with zero attached hydrogens (tertiary/aromatic N) is 1. The molecule has 2 rings (SSSR count). The standard InChI is InChI=1S/C13H19ClN2O/c1-9(17)10-4-5-16(8-10)13-3-2-12(14)6-11(13)7-15/h2-3,6,9-10,17H,4-5,7-8,15H2,1H3. The van der Waals surface area contributed by atoms with Crippen molar-refractivity contribution in [1.29, 1.82) is 0 Å². The van der Waals surface area contributed by atoms with Gasteiger partial charge in [-0.3, -0.25) is 0 Å². The molecular weight excluding hydrogens is 236 g/mol. The third-order valence-corrected chi connectivity index (χ3v) is 3.74. The summed E-state index contributed by atoms with van der Waals surface area (Å²) in [4.78, 5) is 2.29. The number of anilines is 1. The van der Waals surface area contributed by atoms with Crippen LogP contribution in [0.1, 0.15) is 18.9 Å². The lowest BCUT2D eigenvalue weighted by molar-refractivity contribution is 0.136. The Kier molecular flexibility index (Phi) is 3.92. The van der Waals surface area contributed by atoms with E-state index in [4.69, 9.17) is 17.3 Å². The van der Waals surface area contributed by atoms with Gasteiger partial charge in [0.15, 0.2) is 0 Å². The minimum absolute atomic E-state index is 0.242. The van der Waals surface area contributed by atoms with Crippen LogP contribution < -0.4 is 10.6 Å². The molecule has 2 atom stereocenters. The van der Waals surface area contributed by atoms with Gasteiger partial charge in [0.2, 0.25) is 0 Å². The van der Waals surface area contributed by atoms with Gasteiger partial charge in [-0.25, -0.2) is 0 Å². The van der Waals surface area contributed by atoms with Crippen molar-refractivity contribution in [1.82, 2.24) is 0 Å². The molecule has 1 saturated heterocycles. The highest BCUT2D eigenvalue weighted by Gasteiger charge is 2.27. The Balaban J connectivity index is 2.18. The average molecular weight is 255 g/mol. The number of rotatable bonds is 3. The van der Waals surface area contributed by atoms with Crippen LogP contribution in [0.3, 0.4) is 0 Å². The van der Waals surface area contributed by atoms with E-state index in [0.29, 0.717) is 12.5 Å². The molecule has 17 heavy (non-hydrogen) atoms. The van der Waals surface area contributed by atoms with Crippen LogP contribution in [0, 0.1) is 5.92 Å². The van der Waals surface area contributed by atoms with Crippen molar-refractivity contribution in [2.45, 2.75) is 26.0 Å². The topological polar surface area (TPSA) is 49.5 Å². The number of benzene rings is 1. The van der Waals surface area contributed by atoms with Gasteiger partial charge in [-0.1, -0.05) is 11.6 Å². The van der Waals surface area contributed by atoms with Crippen molar-refractivity contribution >= 4 is 17.3 Å². The van der Waals surface area contributed by atoms with Gasteiger partial charge in [0.25, 0.3) is 0 Å². The van der Waals surface area contributed by atoms with Crippen LogP contribution in [0.5, 0.6) is 0 Å². The maximum absolute atomic E-state index is 9.61. The van der Waals surface area contributed by atoms with Crippen LogP contribution >= 0.6 is 11.6 Å². The van der Waals surface area contributed by atoms with Gasteiger partial charge in [0.05, 0.1) is 6.10 Å². The van der Waals surface area contributed by atoms with Gasteiger partial charge >= 0.3 is 0 Å². The Morgan fingerprint density at radius 2 is 2.35 bits per heavy atom. The SMILES string of the molecule is CC(O)C1CCN(c2ccc(Cl)cc2CN)C1. The lowest BCUT2D eigenvalue weighted by Crippen LogP contribution is -2.25. The molecule has 2 unspecified atom stereocenters. The summed E-state index contributed by atoms with van der Waals surface area (Å²) < 4.78 is 0. The number of hydrogen-bond donors (Lipinski definition) is 2. The van der Waals surface area contributed by atoms with E-state index < -0.39 is 0 Å². The molecule has 0 spiro atoms. The fourth-order valence-electron chi connectivity index (χ4n) is 2.43. The molecule has 0 saturated carbocycles. The van der Waals surface area contributed by atoms with Gasteiger partial charge in [-0.05, 0) is 37.1 Å². The molecule has 1 aliphatic heterocycles. The van der Waals surface area contributed by atoms with Crippen LogP contribution in [0.4, 0.5) is 5.69 Å². The molecule has 3 N–H and O–H groups in total. The van der Waals surface area contributed by atoms with E-state index >= 15 is 0 Å². The lowest BCUT2D eigenvalue weighted by atomic mass is 10.0. The molecule has 0 bridgehead atoms. The van der Waals surface area contributed by atoms with E-state index in [1.54, 1.807) is 0 Å². The third-order valence-electron chi connectivity index (χ3n) is 3.51. The minimum Gasteiger partial charge on any atom is -0.393 e. The second-order valence-electron chi connectivity index (χ2n) is 4.71. The highest BCUT2D eigenvalue weighted by molar-refractivity contribution is 6.30. The second kappa shape index (κ2) is 5.25. The molecular formula is C13H19ClN2O. The summed E-state index contributed by atoms with van der Waals surface area (Å²) in [5.41, 5.74) is 7.97. The maximum Gasteiger partial charge on any atom is 0.0557 e. The molecule has 4 heteroatoms. The molecule has 0 aromatic heterocycles. The quantitative estimate of drug-likeness (QED) is 0.868. The fraction of sp³-hybridized carbons (Fsp3) is 0.538. The Bertz CT molecular complexity index is 395. The van der Waals surface area contributed by atoms with Crippen molar-refractivity contribution in [3.05, 3.63) is 28.8 Å². The van der Waals surface area contributed by atoms with Gasteiger partial charge in [-0.2, -0.15) is 0 Å². The first kappa shape index (κ1) is 12.7.